The number of hydrogen-bond donors (Lipinski definition) is 0. The number of rotatable bonds is 9. The number of unbranched alkanes of at least 4 members (excludes halogenated alkanes) is 1. The van der Waals surface area contributed by atoms with Crippen molar-refractivity contribution in [3.05, 3.63) is 53.8 Å². The van der Waals surface area contributed by atoms with E-state index in [-0.39, 0.29) is 25.5 Å². The Morgan fingerprint density at radius 3 is 2.42 bits per heavy atom. The Labute approximate surface area is 228 Å². The number of halogens is 1. The number of carbonyl (C=O) groups excluding carboxylic acids is 2. The second-order valence-corrected chi connectivity index (χ2v) is 11.1. The van der Waals surface area contributed by atoms with Crippen LogP contribution in [0.3, 0.4) is 0 Å². The molecule has 1 unspecified atom stereocenters. The quantitative estimate of drug-likeness (QED) is 0.336. The second-order valence-electron chi connectivity index (χ2n) is 11.1. The molecule has 3 rings (SSSR count). The molecular weight excluding hydrogens is 485 g/mol. The van der Waals surface area contributed by atoms with Crippen LogP contribution in [0.5, 0.6) is 5.75 Å². The highest BCUT2D eigenvalue weighted by Gasteiger charge is 2.32. The fourth-order valence-electron chi connectivity index (χ4n) is 4.48. The van der Waals surface area contributed by atoms with Crippen LogP contribution in [-0.4, -0.2) is 61.3 Å². The molecule has 0 radical (unpaired) electrons. The van der Waals surface area contributed by atoms with E-state index in [2.05, 4.69) is 6.92 Å². The first-order valence-corrected chi connectivity index (χ1v) is 13.5. The van der Waals surface area contributed by atoms with Crippen molar-refractivity contribution in [2.75, 3.05) is 36.5 Å². The Morgan fingerprint density at radius 2 is 1.84 bits per heavy atom. The standard InChI is InChI=1S/C30H42FN3O4.H2/c1-8-9-18-37-25-13-10-22(11-14-25)28(35)34(21(2)3)23-12-15-27(26(31)19-23)33-17-16-24(20-33)32(7)29(36)38-30(4,5)6;/h10-15,19,21,24H,8-9,16-18,20H2,1-7H3;1H. The van der Waals surface area contributed by atoms with Gasteiger partial charge in [-0.3, -0.25) is 4.79 Å². The van der Waals surface area contributed by atoms with E-state index in [1.165, 1.54) is 6.07 Å². The molecule has 0 bridgehead atoms. The zero-order valence-electron chi connectivity index (χ0n) is 23.8. The van der Waals surface area contributed by atoms with Gasteiger partial charge in [0.25, 0.3) is 5.91 Å². The van der Waals surface area contributed by atoms with Crippen molar-refractivity contribution in [1.82, 2.24) is 4.90 Å². The van der Waals surface area contributed by atoms with E-state index in [1.54, 1.807) is 53.2 Å². The molecule has 210 valence electrons. The molecule has 8 heteroatoms. The van der Waals surface area contributed by atoms with E-state index in [0.717, 1.165) is 18.6 Å². The summed E-state index contributed by atoms with van der Waals surface area (Å²) in [5.41, 5.74) is 0.892. The monoisotopic (exact) mass is 529 g/mol. The number of likely N-dealkylation sites (N-methyl/N-ethyl adjacent to an activating group) is 1. The summed E-state index contributed by atoms with van der Waals surface area (Å²) >= 11 is 0. The fourth-order valence-corrected chi connectivity index (χ4v) is 4.48. The zero-order valence-corrected chi connectivity index (χ0v) is 23.8. The molecule has 1 fully saturated rings. The molecule has 0 N–H and O–H groups in total. The predicted octanol–water partition coefficient (Wildman–Crippen LogP) is 6.75. The third-order valence-electron chi connectivity index (χ3n) is 6.55. The molecule has 1 aliphatic rings. The first-order chi connectivity index (χ1) is 17.9. The summed E-state index contributed by atoms with van der Waals surface area (Å²) < 4.78 is 26.6. The normalized spacial score (nSPS) is 15.5. The summed E-state index contributed by atoms with van der Waals surface area (Å²) in [6.45, 7) is 13.2. The lowest BCUT2D eigenvalue weighted by atomic mass is 10.1. The van der Waals surface area contributed by atoms with E-state index >= 15 is 4.39 Å². The van der Waals surface area contributed by atoms with Crippen molar-refractivity contribution < 1.29 is 24.9 Å². The summed E-state index contributed by atoms with van der Waals surface area (Å²) in [4.78, 5) is 31.0. The molecule has 1 aliphatic heterocycles. The summed E-state index contributed by atoms with van der Waals surface area (Å²) in [5.74, 6) is 0.122. The number of ether oxygens (including phenoxy) is 2. The third kappa shape index (κ3) is 7.39. The smallest absolute Gasteiger partial charge is 0.410 e. The van der Waals surface area contributed by atoms with Crippen molar-refractivity contribution in [2.45, 2.75) is 78.5 Å². The average Bonchev–Trinajstić information content (AvgIpc) is 3.33. The van der Waals surface area contributed by atoms with Gasteiger partial charge in [0.1, 0.15) is 17.2 Å². The van der Waals surface area contributed by atoms with Gasteiger partial charge in [-0.15, -0.1) is 0 Å². The molecule has 1 heterocycles. The lowest BCUT2D eigenvalue weighted by Crippen LogP contribution is -2.42. The van der Waals surface area contributed by atoms with E-state index in [1.807, 2.05) is 39.5 Å². The minimum Gasteiger partial charge on any atom is -0.494 e. The molecule has 2 amide bonds. The lowest BCUT2D eigenvalue weighted by molar-refractivity contribution is 0.0237. The topological polar surface area (TPSA) is 62.3 Å². The van der Waals surface area contributed by atoms with Crippen LogP contribution < -0.4 is 14.5 Å². The predicted molar refractivity (Wildman–Crippen MR) is 152 cm³/mol. The number of carbonyl (C=O) groups is 2. The molecule has 38 heavy (non-hydrogen) atoms. The highest BCUT2D eigenvalue weighted by Crippen LogP contribution is 2.31. The summed E-state index contributed by atoms with van der Waals surface area (Å²) in [7, 11) is 1.72. The zero-order chi connectivity index (χ0) is 28.0. The van der Waals surface area contributed by atoms with Gasteiger partial charge in [-0.2, -0.15) is 0 Å². The molecule has 0 saturated carbocycles. The van der Waals surface area contributed by atoms with E-state index in [4.69, 9.17) is 9.47 Å². The number of hydrogen-bond acceptors (Lipinski definition) is 5. The second kappa shape index (κ2) is 12.5. The van der Waals surface area contributed by atoms with E-state index < -0.39 is 11.4 Å². The summed E-state index contributed by atoms with van der Waals surface area (Å²) in [6.07, 6.45) is 2.36. The summed E-state index contributed by atoms with van der Waals surface area (Å²) in [5, 5.41) is 0. The van der Waals surface area contributed by atoms with Crippen molar-refractivity contribution >= 4 is 23.4 Å². The highest BCUT2D eigenvalue weighted by atomic mass is 19.1. The number of benzene rings is 2. The lowest BCUT2D eigenvalue weighted by Gasteiger charge is -2.29. The van der Waals surface area contributed by atoms with Gasteiger partial charge >= 0.3 is 6.09 Å². The Morgan fingerprint density at radius 1 is 1.16 bits per heavy atom. The molecule has 0 aromatic heterocycles. The molecule has 0 spiro atoms. The largest absolute Gasteiger partial charge is 0.494 e. The van der Waals surface area contributed by atoms with Gasteiger partial charge in [0.05, 0.1) is 18.3 Å². The minimum absolute atomic E-state index is 0. The number of anilines is 2. The van der Waals surface area contributed by atoms with Crippen LogP contribution in [0.25, 0.3) is 0 Å². The molecule has 0 aliphatic carbocycles. The van der Waals surface area contributed by atoms with Gasteiger partial charge in [-0.1, -0.05) is 13.3 Å². The van der Waals surface area contributed by atoms with E-state index in [0.29, 0.717) is 43.1 Å². The molecular formula is C30H44FN3O4. The summed E-state index contributed by atoms with van der Waals surface area (Å²) in [6, 6.07) is 11.7. The third-order valence-corrected chi connectivity index (χ3v) is 6.55. The van der Waals surface area contributed by atoms with Crippen molar-refractivity contribution in [3.63, 3.8) is 0 Å². The molecule has 1 saturated heterocycles. The highest BCUT2D eigenvalue weighted by molar-refractivity contribution is 6.06. The van der Waals surface area contributed by atoms with Gasteiger partial charge in [-0.05, 0) is 89.9 Å². The average molecular weight is 530 g/mol. The number of nitrogens with zero attached hydrogens (tertiary/aromatic N) is 3. The van der Waals surface area contributed by atoms with Gasteiger partial charge in [0.2, 0.25) is 0 Å². The maximum Gasteiger partial charge on any atom is 0.410 e. The van der Waals surface area contributed by atoms with Crippen LogP contribution in [0.4, 0.5) is 20.6 Å². The van der Waals surface area contributed by atoms with Gasteiger partial charge in [0, 0.05) is 38.9 Å². The molecule has 7 nitrogen and oxygen atoms in total. The first-order valence-electron chi connectivity index (χ1n) is 13.5. The van der Waals surface area contributed by atoms with Crippen LogP contribution in [0.15, 0.2) is 42.5 Å². The number of amides is 2. The van der Waals surface area contributed by atoms with Crippen molar-refractivity contribution in [3.8, 4) is 5.75 Å². The van der Waals surface area contributed by atoms with Crippen LogP contribution in [0.2, 0.25) is 0 Å². The fraction of sp³-hybridized carbons (Fsp3) is 0.533. The van der Waals surface area contributed by atoms with Crippen molar-refractivity contribution in [1.29, 1.82) is 0 Å². The molecule has 2 aromatic carbocycles. The molecule has 1 atom stereocenters. The SMILES string of the molecule is CCCCOc1ccc(C(=O)N(c2ccc(N3CCC(N(C)C(=O)OC(C)(C)C)C3)c(F)c2)C(C)C)cc1.[HH]. The minimum atomic E-state index is -0.574. The Kier molecular flexibility index (Phi) is 9.63. The molecule has 2 aromatic rings. The van der Waals surface area contributed by atoms with Crippen LogP contribution in [-0.2, 0) is 4.74 Å². The maximum absolute atomic E-state index is 15.4. The van der Waals surface area contributed by atoms with Crippen molar-refractivity contribution in [2.24, 2.45) is 0 Å². The van der Waals surface area contributed by atoms with Gasteiger partial charge < -0.3 is 24.2 Å². The maximum atomic E-state index is 15.4. The van der Waals surface area contributed by atoms with Gasteiger partial charge in [-0.25, -0.2) is 9.18 Å². The van der Waals surface area contributed by atoms with Crippen LogP contribution in [0, 0.1) is 5.82 Å². The van der Waals surface area contributed by atoms with Crippen LogP contribution >= 0.6 is 0 Å². The Balaban J connectivity index is 0.00000533. The van der Waals surface area contributed by atoms with Crippen LogP contribution in [0.1, 0.15) is 72.6 Å². The Hall–Kier alpha value is -3.29. The van der Waals surface area contributed by atoms with Gasteiger partial charge in [0.15, 0.2) is 0 Å². The Bertz CT molecular complexity index is 1100. The van der Waals surface area contributed by atoms with E-state index in [9.17, 15) is 9.59 Å². The first kappa shape index (κ1) is 29.3.